The van der Waals surface area contributed by atoms with Crippen molar-refractivity contribution in [1.29, 1.82) is 0 Å². The molecule has 2 heterocycles. The van der Waals surface area contributed by atoms with Crippen LogP contribution in [0.5, 0.6) is 0 Å². The minimum absolute atomic E-state index is 0.200. The molecule has 1 aromatic carbocycles. The quantitative estimate of drug-likeness (QED) is 0.478. The van der Waals surface area contributed by atoms with Gasteiger partial charge >= 0.3 is 5.97 Å². The Hall–Kier alpha value is -1.97. The van der Waals surface area contributed by atoms with Gasteiger partial charge in [0.25, 0.3) is 0 Å². The van der Waals surface area contributed by atoms with Crippen molar-refractivity contribution in [2.24, 2.45) is 0 Å². The van der Waals surface area contributed by atoms with Gasteiger partial charge in [0.2, 0.25) is 0 Å². The van der Waals surface area contributed by atoms with Gasteiger partial charge in [0.1, 0.15) is 5.82 Å². The maximum absolute atomic E-state index is 12.2. The van der Waals surface area contributed by atoms with Gasteiger partial charge in [-0.15, -0.1) is 0 Å². The SMILES string of the molecule is CCCCCCOC(=O)c1ccc(CN2CCCN3CCCCC=C32)cc1. The van der Waals surface area contributed by atoms with E-state index in [0.717, 1.165) is 25.9 Å². The number of allylic oxidation sites excluding steroid dienone is 1. The standard InChI is InChI=1S/C23H34N2O2/c1-2-3-4-8-18-27-23(26)21-13-11-20(12-14-21)19-25-17-9-16-24-15-7-5-6-10-22(24)25/h10-14H,2-9,15-19H2,1H3. The Morgan fingerprint density at radius 2 is 1.81 bits per heavy atom. The lowest BCUT2D eigenvalue weighted by atomic mass is 10.1. The lowest BCUT2D eigenvalue weighted by Crippen LogP contribution is -2.42. The van der Waals surface area contributed by atoms with E-state index in [2.05, 4.69) is 34.9 Å². The van der Waals surface area contributed by atoms with Crippen molar-refractivity contribution in [2.45, 2.75) is 64.8 Å². The second-order valence-corrected chi connectivity index (χ2v) is 7.71. The molecule has 0 unspecified atom stereocenters. The van der Waals surface area contributed by atoms with E-state index in [9.17, 15) is 4.79 Å². The van der Waals surface area contributed by atoms with E-state index in [1.54, 1.807) is 0 Å². The molecule has 2 aliphatic rings. The zero-order valence-corrected chi connectivity index (χ0v) is 16.8. The molecule has 0 radical (unpaired) electrons. The summed E-state index contributed by atoms with van der Waals surface area (Å²) >= 11 is 0. The van der Waals surface area contributed by atoms with Crippen LogP contribution in [0.2, 0.25) is 0 Å². The molecule has 1 aromatic rings. The fourth-order valence-electron chi connectivity index (χ4n) is 3.95. The van der Waals surface area contributed by atoms with E-state index >= 15 is 0 Å². The zero-order chi connectivity index (χ0) is 18.9. The summed E-state index contributed by atoms with van der Waals surface area (Å²) in [5.74, 6) is 1.21. The molecule has 0 atom stereocenters. The summed E-state index contributed by atoms with van der Waals surface area (Å²) in [4.78, 5) is 17.2. The second kappa shape index (κ2) is 10.4. The van der Waals surface area contributed by atoms with Gasteiger partial charge < -0.3 is 14.5 Å². The molecule has 2 aliphatic heterocycles. The summed E-state index contributed by atoms with van der Waals surface area (Å²) in [6.07, 6.45) is 11.9. The summed E-state index contributed by atoms with van der Waals surface area (Å²) in [6.45, 7) is 7.11. The highest BCUT2D eigenvalue weighted by Gasteiger charge is 2.23. The van der Waals surface area contributed by atoms with Crippen LogP contribution in [0.1, 0.15) is 74.2 Å². The first-order valence-corrected chi connectivity index (χ1v) is 10.7. The Labute approximate surface area is 164 Å². The third kappa shape index (κ3) is 5.75. The number of fused-ring (bicyclic) bond motifs is 1. The second-order valence-electron chi connectivity index (χ2n) is 7.71. The molecule has 0 aromatic heterocycles. The largest absolute Gasteiger partial charge is 0.462 e. The van der Waals surface area contributed by atoms with E-state index in [1.165, 1.54) is 63.0 Å². The Kier molecular flexibility index (Phi) is 7.61. The summed E-state index contributed by atoms with van der Waals surface area (Å²) in [6, 6.07) is 7.97. The highest BCUT2D eigenvalue weighted by atomic mass is 16.5. The molecule has 4 heteroatoms. The average Bonchev–Trinajstić information content (AvgIpc) is 2.94. The van der Waals surface area contributed by atoms with Gasteiger partial charge in [0.15, 0.2) is 0 Å². The van der Waals surface area contributed by atoms with Crippen LogP contribution in [0.25, 0.3) is 0 Å². The Bertz CT molecular complexity index is 624. The van der Waals surface area contributed by atoms with Gasteiger partial charge in [-0.25, -0.2) is 4.79 Å². The monoisotopic (exact) mass is 370 g/mol. The first-order chi connectivity index (χ1) is 13.3. The lowest BCUT2D eigenvalue weighted by molar-refractivity contribution is 0.0498. The molecule has 0 saturated carbocycles. The van der Waals surface area contributed by atoms with Crippen LogP contribution in [0.15, 0.2) is 36.2 Å². The molecule has 0 spiro atoms. The zero-order valence-electron chi connectivity index (χ0n) is 16.8. The minimum atomic E-state index is -0.200. The molecule has 0 aliphatic carbocycles. The number of carbonyl (C=O) groups is 1. The number of unbranched alkanes of at least 4 members (excludes halogenated alkanes) is 3. The fraction of sp³-hybridized carbons (Fsp3) is 0.609. The number of ether oxygens (including phenoxy) is 1. The van der Waals surface area contributed by atoms with Crippen molar-refractivity contribution in [3.63, 3.8) is 0 Å². The third-order valence-corrected chi connectivity index (χ3v) is 5.51. The number of carbonyl (C=O) groups excluding carboxylic acids is 1. The van der Waals surface area contributed by atoms with Crippen LogP contribution in [0.3, 0.4) is 0 Å². The van der Waals surface area contributed by atoms with Gasteiger partial charge in [0, 0.05) is 26.2 Å². The van der Waals surface area contributed by atoms with Crippen LogP contribution < -0.4 is 0 Å². The van der Waals surface area contributed by atoms with E-state index < -0.39 is 0 Å². The minimum Gasteiger partial charge on any atom is -0.462 e. The van der Waals surface area contributed by atoms with Crippen LogP contribution in [-0.4, -0.2) is 42.0 Å². The van der Waals surface area contributed by atoms with Gasteiger partial charge in [-0.3, -0.25) is 0 Å². The van der Waals surface area contributed by atoms with Crippen LogP contribution in [0, 0.1) is 0 Å². The third-order valence-electron chi connectivity index (χ3n) is 5.51. The molecular formula is C23H34N2O2. The number of hydrogen-bond acceptors (Lipinski definition) is 4. The molecule has 1 fully saturated rings. The van der Waals surface area contributed by atoms with Crippen molar-refractivity contribution in [1.82, 2.24) is 9.80 Å². The fourth-order valence-corrected chi connectivity index (χ4v) is 3.95. The van der Waals surface area contributed by atoms with Crippen LogP contribution in [0.4, 0.5) is 0 Å². The van der Waals surface area contributed by atoms with E-state index in [4.69, 9.17) is 4.74 Å². The summed E-state index contributed by atoms with van der Waals surface area (Å²) < 4.78 is 5.38. The smallest absolute Gasteiger partial charge is 0.338 e. The first kappa shape index (κ1) is 19.8. The van der Waals surface area contributed by atoms with Gasteiger partial charge in [-0.1, -0.05) is 38.3 Å². The molecule has 0 amide bonds. The van der Waals surface area contributed by atoms with E-state index in [1.807, 2.05) is 12.1 Å². The Morgan fingerprint density at radius 3 is 2.63 bits per heavy atom. The highest BCUT2D eigenvalue weighted by molar-refractivity contribution is 5.89. The van der Waals surface area contributed by atoms with Crippen molar-refractivity contribution >= 4 is 5.97 Å². The first-order valence-electron chi connectivity index (χ1n) is 10.7. The van der Waals surface area contributed by atoms with Crippen molar-refractivity contribution in [3.8, 4) is 0 Å². The summed E-state index contributed by atoms with van der Waals surface area (Å²) in [5.41, 5.74) is 1.91. The predicted molar refractivity (Wildman–Crippen MR) is 109 cm³/mol. The summed E-state index contributed by atoms with van der Waals surface area (Å²) in [7, 11) is 0. The molecule has 148 valence electrons. The maximum Gasteiger partial charge on any atom is 0.338 e. The van der Waals surface area contributed by atoms with E-state index in [-0.39, 0.29) is 5.97 Å². The molecule has 1 saturated heterocycles. The number of rotatable bonds is 8. The number of nitrogens with zero attached hydrogens (tertiary/aromatic N) is 2. The molecular weight excluding hydrogens is 336 g/mol. The number of hydrogen-bond donors (Lipinski definition) is 0. The van der Waals surface area contributed by atoms with Crippen molar-refractivity contribution in [3.05, 3.63) is 47.3 Å². The van der Waals surface area contributed by atoms with Gasteiger partial charge in [0.05, 0.1) is 12.2 Å². The number of benzene rings is 1. The van der Waals surface area contributed by atoms with Crippen molar-refractivity contribution < 1.29 is 9.53 Å². The van der Waals surface area contributed by atoms with Gasteiger partial charge in [-0.05, 0) is 55.9 Å². The van der Waals surface area contributed by atoms with Crippen LogP contribution >= 0.6 is 0 Å². The predicted octanol–water partition coefficient (Wildman–Crippen LogP) is 4.96. The maximum atomic E-state index is 12.2. The topological polar surface area (TPSA) is 32.8 Å². The van der Waals surface area contributed by atoms with Gasteiger partial charge in [-0.2, -0.15) is 0 Å². The Morgan fingerprint density at radius 1 is 1.00 bits per heavy atom. The Balaban J connectivity index is 1.52. The number of esters is 1. The van der Waals surface area contributed by atoms with Crippen molar-refractivity contribution in [2.75, 3.05) is 26.2 Å². The molecule has 0 N–H and O–H groups in total. The molecule has 27 heavy (non-hydrogen) atoms. The lowest BCUT2D eigenvalue weighted by Gasteiger charge is -2.40. The van der Waals surface area contributed by atoms with Crippen LogP contribution in [-0.2, 0) is 11.3 Å². The molecule has 0 bridgehead atoms. The summed E-state index contributed by atoms with van der Waals surface area (Å²) in [5, 5.41) is 0. The van der Waals surface area contributed by atoms with E-state index in [0.29, 0.717) is 12.2 Å². The molecule has 3 rings (SSSR count). The highest BCUT2D eigenvalue weighted by Crippen LogP contribution is 2.24. The molecule has 4 nitrogen and oxygen atoms in total. The average molecular weight is 371 g/mol. The normalized spacial score (nSPS) is 17.1.